The van der Waals surface area contributed by atoms with Gasteiger partial charge in [0.15, 0.2) is 10.6 Å². The van der Waals surface area contributed by atoms with Crippen LogP contribution in [0.2, 0.25) is 0 Å². The van der Waals surface area contributed by atoms with Crippen LogP contribution in [0, 0.1) is 0 Å². The first-order valence-electron chi connectivity index (χ1n) is 11.2. The molecule has 1 fully saturated rings. The Hall–Kier alpha value is -2.92. The maximum Gasteiger partial charge on any atom is 0.336 e. The number of fused-ring (bicyclic) bond motifs is 2. The molecule has 0 saturated carbocycles. The number of hydrogen-bond acceptors (Lipinski definition) is 9. The highest BCUT2D eigenvalue weighted by Gasteiger charge is 2.15. The summed E-state index contributed by atoms with van der Waals surface area (Å²) in [5, 5.41) is 3.63. The molecule has 1 amide bonds. The zero-order valence-electron chi connectivity index (χ0n) is 19.1. The number of hydrogen-bond donors (Lipinski definition) is 1. The van der Waals surface area contributed by atoms with Crippen LogP contribution in [0.15, 0.2) is 56.0 Å². The fourth-order valence-electron chi connectivity index (χ4n) is 3.85. The van der Waals surface area contributed by atoms with E-state index in [1.165, 1.54) is 6.07 Å². The summed E-state index contributed by atoms with van der Waals surface area (Å²) in [6.07, 6.45) is 1.69. The number of aromatic nitrogens is 1. The number of rotatable bonds is 8. The third-order valence-corrected chi connectivity index (χ3v) is 7.71. The Morgan fingerprint density at radius 2 is 2.06 bits per heavy atom. The van der Waals surface area contributed by atoms with Crippen molar-refractivity contribution in [3.8, 4) is 5.75 Å². The van der Waals surface area contributed by atoms with Gasteiger partial charge in [0.25, 0.3) is 0 Å². The number of nitrogens with zero attached hydrogens (tertiary/aromatic N) is 1. The third-order valence-electron chi connectivity index (χ3n) is 5.52. The standard InChI is InChI=1S/C25H24N2O6S2/c1-30-17-4-5-18-15(12-23(29)33-20(18)14-17)11-22(28)26-16-3-6-19-21(13-16)35-25(27-19)34-10-7-24-31-8-2-9-32-24/h3-6,12-14,24H,2,7-11H2,1H3,(H,26,28). The number of anilines is 1. The topological polar surface area (TPSA) is 99.9 Å². The predicted octanol–water partition coefficient (Wildman–Crippen LogP) is 4.84. The van der Waals surface area contributed by atoms with Gasteiger partial charge < -0.3 is 23.9 Å². The van der Waals surface area contributed by atoms with Crippen molar-refractivity contribution in [1.82, 2.24) is 4.98 Å². The van der Waals surface area contributed by atoms with E-state index in [0.29, 0.717) is 28.0 Å². The van der Waals surface area contributed by atoms with Crippen molar-refractivity contribution in [3.05, 3.63) is 58.4 Å². The molecule has 0 unspecified atom stereocenters. The van der Waals surface area contributed by atoms with Crippen molar-refractivity contribution in [2.24, 2.45) is 0 Å². The van der Waals surface area contributed by atoms with Crippen molar-refractivity contribution in [1.29, 1.82) is 0 Å². The van der Waals surface area contributed by atoms with Gasteiger partial charge in [-0.3, -0.25) is 4.79 Å². The monoisotopic (exact) mass is 512 g/mol. The van der Waals surface area contributed by atoms with Crippen LogP contribution < -0.4 is 15.7 Å². The predicted molar refractivity (Wildman–Crippen MR) is 137 cm³/mol. The molecule has 10 heteroatoms. The van der Waals surface area contributed by atoms with E-state index < -0.39 is 5.63 Å². The Kier molecular flexibility index (Phi) is 7.33. The molecule has 0 bridgehead atoms. The van der Waals surface area contributed by atoms with Gasteiger partial charge in [0, 0.05) is 35.4 Å². The Balaban J connectivity index is 1.24. The maximum atomic E-state index is 12.8. The average Bonchev–Trinajstić information content (AvgIpc) is 3.26. The number of nitrogens with one attached hydrogen (secondary N) is 1. The van der Waals surface area contributed by atoms with Crippen LogP contribution in [-0.4, -0.2) is 43.3 Å². The highest BCUT2D eigenvalue weighted by Crippen LogP contribution is 2.32. The molecule has 1 aliphatic rings. The number of ether oxygens (including phenoxy) is 3. The van der Waals surface area contributed by atoms with E-state index in [4.69, 9.17) is 18.6 Å². The van der Waals surface area contributed by atoms with Gasteiger partial charge in [0.05, 0.1) is 37.0 Å². The normalized spacial score (nSPS) is 14.4. The highest BCUT2D eigenvalue weighted by molar-refractivity contribution is 8.01. The second-order valence-electron chi connectivity index (χ2n) is 8.00. The second-order valence-corrected chi connectivity index (χ2v) is 10.4. The van der Waals surface area contributed by atoms with Gasteiger partial charge in [0.2, 0.25) is 5.91 Å². The quantitative estimate of drug-likeness (QED) is 0.265. The Morgan fingerprint density at radius 1 is 1.20 bits per heavy atom. The number of methoxy groups -OCH3 is 1. The number of thiazole rings is 1. The van der Waals surface area contributed by atoms with Gasteiger partial charge in [-0.05, 0) is 42.3 Å². The molecule has 1 aliphatic heterocycles. The van der Waals surface area contributed by atoms with E-state index in [9.17, 15) is 9.59 Å². The number of carbonyl (C=O) groups is 1. The van der Waals surface area contributed by atoms with Gasteiger partial charge in [-0.15, -0.1) is 11.3 Å². The largest absolute Gasteiger partial charge is 0.497 e. The fourth-order valence-corrected chi connectivity index (χ4v) is 5.99. The third kappa shape index (κ3) is 5.84. The number of amides is 1. The summed E-state index contributed by atoms with van der Waals surface area (Å²) in [5.74, 6) is 1.21. The molecule has 2 aromatic heterocycles. The van der Waals surface area contributed by atoms with Crippen LogP contribution >= 0.6 is 23.1 Å². The van der Waals surface area contributed by atoms with Crippen molar-refractivity contribution in [2.75, 3.05) is 31.4 Å². The van der Waals surface area contributed by atoms with E-state index in [1.54, 1.807) is 48.4 Å². The van der Waals surface area contributed by atoms with Crippen LogP contribution in [0.25, 0.3) is 21.2 Å². The van der Waals surface area contributed by atoms with Crippen LogP contribution in [0.1, 0.15) is 18.4 Å². The van der Waals surface area contributed by atoms with Crippen LogP contribution in [0.5, 0.6) is 5.75 Å². The molecule has 1 saturated heterocycles. The summed E-state index contributed by atoms with van der Waals surface area (Å²) in [4.78, 5) is 29.5. The molecule has 5 rings (SSSR count). The fraction of sp³-hybridized carbons (Fsp3) is 0.320. The molecule has 0 radical (unpaired) electrons. The van der Waals surface area contributed by atoms with Crippen molar-refractivity contribution < 1.29 is 23.4 Å². The summed E-state index contributed by atoms with van der Waals surface area (Å²) < 4.78 is 23.6. The Morgan fingerprint density at radius 3 is 2.89 bits per heavy atom. The lowest BCUT2D eigenvalue weighted by molar-refractivity contribution is -0.178. The summed E-state index contributed by atoms with van der Waals surface area (Å²) in [6, 6.07) is 12.2. The first-order valence-corrected chi connectivity index (χ1v) is 13.0. The van der Waals surface area contributed by atoms with Gasteiger partial charge in [0.1, 0.15) is 11.3 Å². The van der Waals surface area contributed by atoms with Gasteiger partial charge in [-0.2, -0.15) is 0 Å². The SMILES string of the molecule is COc1ccc2c(CC(=O)Nc3ccc4nc(SCCC5OCCCO5)sc4c3)cc(=O)oc2c1. The van der Waals surface area contributed by atoms with Gasteiger partial charge in [-0.25, -0.2) is 9.78 Å². The Bertz CT molecular complexity index is 1410. The van der Waals surface area contributed by atoms with E-state index in [2.05, 4.69) is 10.3 Å². The number of thioether (sulfide) groups is 1. The van der Waals surface area contributed by atoms with E-state index in [0.717, 1.165) is 46.4 Å². The molecule has 3 heterocycles. The molecule has 35 heavy (non-hydrogen) atoms. The molecule has 0 spiro atoms. The van der Waals surface area contributed by atoms with Gasteiger partial charge in [-0.1, -0.05) is 11.8 Å². The smallest absolute Gasteiger partial charge is 0.336 e. The van der Waals surface area contributed by atoms with Crippen LogP contribution in [-0.2, 0) is 20.7 Å². The van der Waals surface area contributed by atoms with Gasteiger partial charge >= 0.3 is 5.63 Å². The maximum absolute atomic E-state index is 12.8. The summed E-state index contributed by atoms with van der Waals surface area (Å²) in [6.45, 7) is 1.52. The molecular weight excluding hydrogens is 488 g/mol. The van der Waals surface area contributed by atoms with Crippen LogP contribution in [0.4, 0.5) is 5.69 Å². The Labute approximate surface area is 209 Å². The lowest BCUT2D eigenvalue weighted by atomic mass is 10.1. The number of benzene rings is 2. The lowest BCUT2D eigenvalue weighted by Crippen LogP contribution is -2.25. The lowest BCUT2D eigenvalue weighted by Gasteiger charge is -2.22. The average molecular weight is 513 g/mol. The first kappa shape index (κ1) is 23.8. The zero-order valence-corrected chi connectivity index (χ0v) is 20.7. The summed E-state index contributed by atoms with van der Waals surface area (Å²) >= 11 is 3.27. The minimum absolute atomic E-state index is 0.0432. The van der Waals surface area contributed by atoms with E-state index in [-0.39, 0.29) is 18.6 Å². The summed E-state index contributed by atoms with van der Waals surface area (Å²) in [5.41, 5.74) is 2.05. The summed E-state index contributed by atoms with van der Waals surface area (Å²) in [7, 11) is 1.54. The van der Waals surface area contributed by atoms with E-state index >= 15 is 0 Å². The molecule has 4 aromatic rings. The molecule has 2 aromatic carbocycles. The highest BCUT2D eigenvalue weighted by atomic mass is 32.2. The molecule has 8 nitrogen and oxygen atoms in total. The second kappa shape index (κ2) is 10.8. The number of carbonyl (C=O) groups excluding carboxylic acids is 1. The molecule has 0 aliphatic carbocycles. The molecule has 0 atom stereocenters. The minimum atomic E-state index is -0.508. The first-order chi connectivity index (χ1) is 17.1. The van der Waals surface area contributed by atoms with Crippen molar-refractivity contribution in [2.45, 2.75) is 29.9 Å². The van der Waals surface area contributed by atoms with Crippen molar-refractivity contribution >= 4 is 55.9 Å². The molecular formula is C25H24N2O6S2. The minimum Gasteiger partial charge on any atom is -0.497 e. The van der Waals surface area contributed by atoms with Crippen LogP contribution in [0.3, 0.4) is 0 Å². The van der Waals surface area contributed by atoms with Crippen molar-refractivity contribution in [3.63, 3.8) is 0 Å². The van der Waals surface area contributed by atoms with E-state index in [1.807, 2.05) is 18.2 Å². The molecule has 182 valence electrons. The molecule has 1 N–H and O–H groups in total. The zero-order chi connectivity index (χ0) is 24.2.